The largest absolute Gasteiger partial charge is 0.490 e. The molecule has 6 rings (SSSR count). The molecule has 0 saturated carbocycles. The standard InChI is InChI=1S/C31H28ClFN6O3/c1-38-16-28(36-19-38)23-14-27-24(30(35-18-34-27)37-21-7-8-26(33)25(32)13-21)15-29(23)42-22-9-11-39(12-10-22)31(40)41-17-20-5-3-2-4-6-20/h2-8,13-16,18-19,22H,9-12,17H2,1H3,(H,34,35,37). The number of amides is 1. The number of carbonyl (C=O) groups is 1. The molecule has 1 aliphatic heterocycles. The molecule has 0 spiro atoms. The van der Waals surface area contributed by atoms with Crippen molar-refractivity contribution in [1.82, 2.24) is 24.4 Å². The van der Waals surface area contributed by atoms with Crippen molar-refractivity contribution in [2.75, 3.05) is 18.4 Å². The molecule has 214 valence electrons. The Hall–Kier alpha value is -4.70. The van der Waals surface area contributed by atoms with Crippen LogP contribution in [0.2, 0.25) is 5.02 Å². The van der Waals surface area contributed by atoms with Gasteiger partial charge in [0, 0.05) is 55.8 Å². The second-order valence-electron chi connectivity index (χ2n) is 10.1. The van der Waals surface area contributed by atoms with E-state index in [1.165, 1.54) is 18.5 Å². The highest BCUT2D eigenvalue weighted by atomic mass is 35.5. The summed E-state index contributed by atoms with van der Waals surface area (Å²) in [4.78, 5) is 27.8. The predicted octanol–water partition coefficient (Wildman–Crippen LogP) is 6.75. The van der Waals surface area contributed by atoms with Crippen molar-refractivity contribution in [2.45, 2.75) is 25.6 Å². The molecule has 11 heteroatoms. The zero-order valence-corrected chi connectivity index (χ0v) is 23.6. The minimum absolute atomic E-state index is 0.00936. The number of aryl methyl sites for hydroxylation is 1. The van der Waals surface area contributed by atoms with Gasteiger partial charge in [-0.1, -0.05) is 41.9 Å². The Morgan fingerprint density at radius 3 is 2.62 bits per heavy atom. The Labute approximate surface area is 246 Å². The molecule has 1 N–H and O–H groups in total. The molecule has 0 aliphatic carbocycles. The van der Waals surface area contributed by atoms with Crippen LogP contribution in [0.25, 0.3) is 22.2 Å². The summed E-state index contributed by atoms with van der Waals surface area (Å²) in [6, 6.07) is 17.8. The van der Waals surface area contributed by atoms with E-state index >= 15 is 0 Å². The minimum Gasteiger partial charge on any atom is -0.490 e. The molecule has 0 radical (unpaired) electrons. The van der Waals surface area contributed by atoms with Crippen LogP contribution < -0.4 is 10.1 Å². The number of likely N-dealkylation sites (tertiary alicyclic amines) is 1. The summed E-state index contributed by atoms with van der Waals surface area (Å²) in [7, 11) is 1.91. The van der Waals surface area contributed by atoms with E-state index in [1.807, 2.05) is 60.3 Å². The van der Waals surface area contributed by atoms with Crippen molar-refractivity contribution in [3.05, 3.63) is 95.9 Å². The van der Waals surface area contributed by atoms with Crippen molar-refractivity contribution in [3.63, 3.8) is 0 Å². The fourth-order valence-electron chi connectivity index (χ4n) is 4.89. The predicted molar refractivity (Wildman–Crippen MR) is 158 cm³/mol. The molecule has 1 amide bonds. The third-order valence-electron chi connectivity index (χ3n) is 7.10. The Balaban J connectivity index is 1.22. The van der Waals surface area contributed by atoms with Gasteiger partial charge in [-0.3, -0.25) is 0 Å². The summed E-state index contributed by atoms with van der Waals surface area (Å²) in [5.41, 5.74) is 3.76. The van der Waals surface area contributed by atoms with Gasteiger partial charge in [-0.15, -0.1) is 0 Å². The number of fused-ring (bicyclic) bond motifs is 1. The van der Waals surface area contributed by atoms with Gasteiger partial charge in [-0.2, -0.15) is 0 Å². The number of anilines is 2. The lowest BCUT2D eigenvalue weighted by atomic mass is 10.1. The maximum Gasteiger partial charge on any atom is 0.410 e. The topological polar surface area (TPSA) is 94.4 Å². The Morgan fingerprint density at radius 2 is 1.88 bits per heavy atom. The van der Waals surface area contributed by atoms with E-state index < -0.39 is 5.82 Å². The van der Waals surface area contributed by atoms with Gasteiger partial charge in [0.1, 0.15) is 36.4 Å². The second-order valence-corrected chi connectivity index (χ2v) is 10.5. The van der Waals surface area contributed by atoms with Crippen molar-refractivity contribution < 1.29 is 18.7 Å². The lowest BCUT2D eigenvalue weighted by Crippen LogP contribution is -2.42. The first kappa shape index (κ1) is 27.5. The summed E-state index contributed by atoms with van der Waals surface area (Å²) in [5.74, 6) is 0.651. The first-order chi connectivity index (χ1) is 20.4. The highest BCUT2D eigenvalue weighted by Crippen LogP contribution is 2.37. The number of hydrogen-bond donors (Lipinski definition) is 1. The Morgan fingerprint density at radius 1 is 1.07 bits per heavy atom. The molecular weight excluding hydrogens is 559 g/mol. The molecular formula is C31H28ClFN6O3. The Kier molecular flexibility index (Phi) is 7.87. The molecule has 0 unspecified atom stereocenters. The summed E-state index contributed by atoms with van der Waals surface area (Å²) in [6.07, 6.45) is 5.94. The summed E-state index contributed by atoms with van der Waals surface area (Å²) >= 11 is 5.99. The van der Waals surface area contributed by atoms with Crippen molar-refractivity contribution in [3.8, 4) is 17.0 Å². The van der Waals surface area contributed by atoms with Crippen molar-refractivity contribution >= 4 is 40.1 Å². The first-order valence-electron chi connectivity index (χ1n) is 13.5. The average Bonchev–Trinajstić information content (AvgIpc) is 3.44. The van der Waals surface area contributed by atoms with E-state index in [4.69, 9.17) is 21.1 Å². The molecule has 1 aliphatic rings. The molecule has 0 bridgehead atoms. The number of ether oxygens (including phenoxy) is 2. The summed E-state index contributed by atoms with van der Waals surface area (Å²) in [6.45, 7) is 1.28. The normalized spacial score (nSPS) is 13.7. The second kappa shape index (κ2) is 12.0. The van der Waals surface area contributed by atoms with Gasteiger partial charge in [-0.25, -0.2) is 24.1 Å². The SMILES string of the molecule is Cn1cnc(-c2cc3ncnc(Nc4ccc(F)c(Cl)c4)c3cc2OC2CCN(C(=O)OCc3ccccc3)CC2)c1. The fraction of sp³-hybridized carbons (Fsp3) is 0.226. The summed E-state index contributed by atoms with van der Waals surface area (Å²) in [5, 5.41) is 3.94. The summed E-state index contributed by atoms with van der Waals surface area (Å²) < 4.78 is 27.7. The van der Waals surface area contributed by atoms with Crippen LogP contribution >= 0.6 is 11.6 Å². The van der Waals surface area contributed by atoms with Crippen molar-refractivity contribution in [1.29, 1.82) is 0 Å². The molecule has 5 aromatic rings. The zero-order chi connectivity index (χ0) is 29.1. The third-order valence-corrected chi connectivity index (χ3v) is 7.39. The number of rotatable bonds is 7. The fourth-order valence-corrected chi connectivity index (χ4v) is 5.07. The highest BCUT2D eigenvalue weighted by molar-refractivity contribution is 6.31. The van der Waals surface area contributed by atoms with E-state index in [2.05, 4.69) is 20.3 Å². The lowest BCUT2D eigenvalue weighted by Gasteiger charge is -2.32. The molecule has 1 saturated heterocycles. The number of carbonyl (C=O) groups excluding carboxylic acids is 1. The average molecular weight is 587 g/mol. The van der Waals surface area contributed by atoms with Crippen molar-refractivity contribution in [2.24, 2.45) is 7.05 Å². The lowest BCUT2D eigenvalue weighted by molar-refractivity contribution is 0.0640. The van der Waals surface area contributed by atoms with Crippen LogP contribution in [0.3, 0.4) is 0 Å². The highest BCUT2D eigenvalue weighted by Gasteiger charge is 2.26. The van der Waals surface area contributed by atoms with E-state index in [1.54, 1.807) is 17.3 Å². The number of imidazole rings is 1. The van der Waals surface area contributed by atoms with Gasteiger partial charge < -0.3 is 24.3 Å². The number of hydrogen-bond acceptors (Lipinski definition) is 7. The van der Waals surface area contributed by atoms with E-state index in [9.17, 15) is 9.18 Å². The van der Waals surface area contributed by atoms with Crippen LogP contribution in [0.1, 0.15) is 18.4 Å². The number of halogens is 2. The van der Waals surface area contributed by atoms with E-state index in [0.29, 0.717) is 48.7 Å². The molecule has 1 fully saturated rings. The zero-order valence-electron chi connectivity index (χ0n) is 22.8. The van der Waals surface area contributed by atoms with E-state index in [0.717, 1.165) is 22.2 Å². The minimum atomic E-state index is -0.499. The van der Waals surface area contributed by atoms with Crippen LogP contribution in [0.15, 0.2) is 79.5 Å². The number of aromatic nitrogens is 4. The third kappa shape index (κ3) is 6.13. The van der Waals surface area contributed by atoms with Gasteiger partial charge in [0.15, 0.2) is 0 Å². The van der Waals surface area contributed by atoms with Gasteiger partial charge in [-0.05, 0) is 35.9 Å². The van der Waals surface area contributed by atoms with Gasteiger partial charge in [0.2, 0.25) is 0 Å². The van der Waals surface area contributed by atoms with E-state index in [-0.39, 0.29) is 23.8 Å². The monoisotopic (exact) mass is 586 g/mol. The molecule has 3 aromatic carbocycles. The number of piperidine rings is 1. The molecule has 9 nitrogen and oxygen atoms in total. The quantitative estimate of drug-likeness (QED) is 0.225. The van der Waals surface area contributed by atoms with Crippen LogP contribution in [-0.2, 0) is 18.4 Å². The molecule has 3 heterocycles. The van der Waals surface area contributed by atoms with Crippen LogP contribution in [0.5, 0.6) is 5.75 Å². The van der Waals surface area contributed by atoms with Crippen LogP contribution in [0.4, 0.5) is 20.7 Å². The van der Waals surface area contributed by atoms with Gasteiger partial charge >= 0.3 is 6.09 Å². The van der Waals surface area contributed by atoms with Crippen LogP contribution in [-0.4, -0.2) is 49.7 Å². The maximum absolute atomic E-state index is 13.7. The molecule has 0 atom stereocenters. The molecule has 2 aromatic heterocycles. The first-order valence-corrected chi connectivity index (χ1v) is 13.9. The number of nitrogens with zero attached hydrogens (tertiary/aromatic N) is 5. The van der Waals surface area contributed by atoms with Crippen LogP contribution in [0, 0.1) is 5.82 Å². The maximum atomic E-state index is 13.7. The number of benzene rings is 3. The molecule has 42 heavy (non-hydrogen) atoms. The van der Waals surface area contributed by atoms with Gasteiger partial charge in [0.25, 0.3) is 0 Å². The van der Waals surface area contributed by atoms with Gasteiger partial charge in [0.05, 0.1) is 22.6 Å². The number of nitrogens with one attached hydrogen (secondary N) is 1. The smallest absolute Gasteiger partial charge is 0.410 e. The Bertz CT molecular complexity index is 1720.